The van der Waals surface area contributed by atoms with Crippen molar-refractivity contribution in [3.8, 4) is 0 Å². The van der Waals surface area contributed by atoms with E-state index in [-0.39, 0.29) is 18.7 Å². The number of rotatable bonds is 8. The maximum atomic E-state index is 9.47. The zero-order valence-corrected chi connectivity index (χ0v) is 12.8. The molecule has 0 saturated heterocycles. The third-order valence-corrected chi connectivity index (χ3v) is 3.64. The summed E-state index contributed by atoms with van der Waals surface area (Å²) in [5.41, 5.74) is 1.18. The Balaban J connectivity index is 2.79. The lowest BCUT2D eigenvalue weighted by molar-refractivity contribution is 0.199. The van der Waals surface area contributed by atoms with Gasteiger partial charge in [-0.2, -0.15) is 0 Å². The van der Waals surface area contributed by atoms with Crippen LogP contribution in [0, 0.1) is 11.8 Å². The molecule has 3 unspecified atom stereocenters. The van der Waals surface area contributed by atoms with Gasteiger partial charge in [-0.3, -0.25) is 0 Å². The molecule has 0 amide bonds. The highest BCUT2D eigenvalue weighted by Crippen LogP contribution is 2.12. The molecule has 0 aliphatic rings. The summed E-state index contributed by atoms with van der Waals surface area (Å²) in [4.78, 5) is 0. The zero-order chi connectivity index (χ0) is 15.0. The van der Waals surface area contributed by atoms with Gasteiger partial charge in [-0.05, 0) is 17.4 Å². The minimum atomic E-state index is 0.0998. The molecule has 0 spiro atoms. The predicted octanol–water partition coefficient (Wildman–Crippen LogP) is 3.50. The average Bonchev–Trinajstić information content (AvgIpc) is 2.47. The van der Waals surface area contributed by atoms with Crippen LogP contribution in [0.4, 0.5) is 0 Å². The Morgan fingerprint density at radius 1 is 1.20 bits per heavy atom. The Bertz CT molecular complexity index is 411. The molecule has 1 rings (SSSR count). The van der Waals surface area contributed by atoms with Gasteiger partial charge in [0.15, 0.2) is 0 Å². The molecule has 1 aromatic carbocycles. The van der Waals surface area contributed by atoms with Crippen molar-refractivity contribution >= 4 is 6.08 Å². The minimum absolute atomic E-state index is 0.0998. The van der Waals surface area contributed by atoms with Crippen molar-refractivity contribution in [3.63, 3.8) is 0 Å². The summed E-state index contributed by atoms with van der Waals surface area (Å²) in [5.74, 6) is 0.701. The SMILES string of the molecule is C=CC(C)C(/C=C/c1ccccc1)NC(CO)C(C)C. The van der Waals surface area contributed by atoms with E-state index in [4.69, 9.17) is 0 Å². The van der Waals surface area contributed by atoms with Gasteiger partial charge in [0.25, 0.3) is 0 Å². The summed E-state index contributed by atoms with van der Waals surface area (Å²) in [6.07, 6.45) is 6.22. The second kappa shape index (κ2) is 8.72. The predicted molar refractivity (Wildman–Crippen MR) is 87.5 cm³/mol. The molecule has 2 heteroatoms. The lowest BCUT2D eigenvalue weighted by Crippen LogP contribution is -2.45. The van der Waals surface area contributed by atoms with Crippen molar-refractivity contribution in [3.05, 3.63) is 54.6 Å². The Morgan fingerprint density at radius 3 is 2.35 bits per heavy atom. The maximum absolute atomic E-state index is 9.47. The first-order valence-corrected chi connectivity index (χ1v) is 7.31. The Kier molecular flexibility index (Phi) is 7.27. The van der Waals surface area contributed by atoms with Crippen LogP contribution in [0.15, 0.2) is 49.1 Å². The summed E-state index contributed by atoms with van der Waals surface area (Å²) in [7, 11) is 0. The van der Waals surface area contributed by atoms with Gasteiger partial charge in [0.2, 0.25) is 0 Å². The van der Waals surface area contributed by atoms with Gasteiger partial charge in [-0.15, -0.1) is 6.58 Å². The lowest BCUT2D eigenvalue weighted by atomic mass is 9.97. The highest BCUT2D eigenvalue weighted by Gasteiger charge is 2.18. The van der Waals surface area contributed by atoms with Crippen LogP contribution in [0.5, 0.6) is 0 Å². The Labute approximate surface area is 123 Å². The fourth-order valence-electron chi connectivity index (χ4n) is 2.01. The minimum Gasteiger partial charge on any atom is -0.395 e. The fourth-order valence-corrected chi connectivity index (χ4v) is 2.01. The van der Waals surface area contributed by atoms with Crippen molar-refractivity contribution in [1.29, 1.82) is 0 Å². The number of aliphatic hydroxyl groups is 1. The third-order valence-electron chi connectivity index (χ3n) is 3.64. The lowest BCUT2D eigenvalue weighted by Gasteiger charge is -2.28. The molecule has 0 aliphatic heterocycles. The first-order valence-electron chi connectivity index (χ1n) is 7.31. The van der Waals surface area contributed by atoms with E-state index in [2.05, 4.69) is 57.0 Å². The van der Waals surface area contributed by atoms with Crippen LogP contribution in [0.1, 0.15) is 26.3 Å². The van der Waals surface area contributed by atoms with Crippen LogP contribution in [-0.2, 0) is 0 Å². The fraction of sp³-hybridized carbons (Fsp3) is 0.444. The molecule has 0 aromatic heterocycles. The van der Waals surface area contributed by atoms with E-state index in [0.29, 0.717) is 11.8 Å². The molecule has 0 saturated carbocycles. The third kappa shape index (κ3) is 5.32. The molecule has 0 aliphatic carbocycles. The van der Waals surface area contributed by atoms with E-state index < -0.39 is 0 Å². The summed E-state index contributed by atoms with van der Waals surface area (Å²) < 4.78 is 0. The average molecular weight is 273 g/mol. The zero-order valence-electron chi connectivity index (χ0n) is 12.8. The van der Waals surface area contributed by atoms with Crippen LogP contribution >= 0.6 is 0 Å². The quantitative estimate of drug-likeness (QED) is 0.711. The van der Waals surface area contributed by atoms with Crippen molar-refractivity contribution in [2.75, 3.05) is 6.61 Å². The van der Waals surface area contributed by atoms with Gasteiger partial charge in [0.1, 0.15) is 0 Å². The highest BCUT2D eigenvalue weighted by molar-refractivity contribution is 5.49. The molecule has 0 heterocycles. The standard InChI is InChI=1S/C18H27NO/c1-5-15(4)17(19-18(13-20)14(2)3)12-11-16-9-7-6-8-10-16/h5-12,14-15,17-20H,1,13H2,2-4H3/b12-11+. The molecule has 2 N–H and O–H groups in total. The van der Waals surface area contributed by atoms with E-state index in [1.165, 1.54) is 5.56 Å². The van der Waals surface area contributed by atoms with E-state index in [1.54, 1.807) is 0 Å². The van der Waals surface area contributed by atoms with Gasteiger partial charge >= 0.3 is 0 Å². The van der Waals surface area contributed by atoms with Crippen molar-refractivity contribution in [1.82, 2.24) is 5.32 Å². The van der Waals surface area contributed by atoms with Crippen LogP contribution in [0.2, 0.25) is 0 Å². The first-order chi connectivity index (χ1) is 9.58. The maximum Gasteiger partial charge on any atom is 0.0587 e. The van der Waals surface area contributed by atoms with Crippen LogP contribution < -0.4 is 5.32 Å². The van der Waals surface area contributed by atoms with Crippen molar-refractivity contribution in [2.24, 2.45) is 11.8 Å². The van der Waals surface area contributed by atoms with Crippen LogP contribution in [0.25, 0.3) is 6.08 Å². The van der Waals surface area contributed by atoms with Crippen LogP contribution in [-0.4, -0.2) is 23.8 Å². The van der Waals surface area contributed by atoms with Gasteiger partial charge in [-0.1, -0.05) is 69.3 Å². The van der Waals surface area contributed by atoms with E-state index in [9.17, 15) is 5.11 Å². The number of benzene rings is 1. The van der Waals surface area contributed by atoms with E-state index in [0.717, 1.165) is 0 Å². The molecule has 110 valence electrons. The van der Waals surface area contributed by atoms with Gasteiger partial charge in [0, 0.05) is 12.1 Å². The second-order valence-corrected chi connectivity index (χ2v) is 5.59. The molecule has 20 heavy (non-hydrogen) atoms. The molecular formula is C18H27NO. The Morgan fingerprint density at radius 2 is 1.85 bits per heavy atom. The summed E-state index contributed by atoms with van der Waals surface area (Å²) >= 11 is 0. The molecule has 2 nitrogen and oxygen atoms in total. The number of hydrogen-bond donors (Lipinski definition) is 2. The summed E-state index contributed by atoms with van der Waals surface area (Å²) in [6.45, 7) is 10.4. The smallest absolute Gasteiger partial charge is 0.0587 e. The number of nitrogens with one attached hydrogen (secondary N) is 1. The molecule has 0 fully saturated rings. The van der Waals surface area contributed by atoms with Crippen molar-refractivity contribution < 1.29 is 5.11 Å². The summed E-state index contributed by atoms with van der Waals surface area (Å²) in [6, 6.07) is 10.5. The molecule has 0 bridgehead atoms. The highest BCUT2D eigenvalue weighted by atomic mass is 16.3. The molecule has 3 atom stereocenters. The first kappa shape index (κ1) is 16.7. The number of aliphatic hydroxyl groups excluding tert-OH is 1. The van der Waals surface area contributed by atoms with Gasteiger partial charge < -0.3 is 10.4 Å². The van der Waals surface area contributed by atoms with Crippen LogP contribution in [0.3, 0.4) is 0 Å². The largest absolute Gasteiger partial charge is 0.395 e. The van der Waals surface area contributed by atoms with Crippen molar-refractivity contribution in [2.45, 2.75) is 32.9 Å². The molecule has 1 aromatic rings. The normalized spacial score (nSPS) is 16.2. The molecular weight excluding hydrogens is 246 g/mol. The monoisotopic (exact) mass is 273 g/mol. The number of hydrogen-bond acceptors (Lipinski definition) is 2. The second-order valence-electron chi connectivity index (χ2n) is 5.59. The van der Waals surface area contributed by atoms with Gasteiger partial charge in [-0.25, -0.2) is 0 Å². The van der Waals surface area contributed by atoms with Gasteiger partial charge in [0.05, 0.1) is 6.61 Å². The van der Waals surface area contributed by atoms with E-state index >= 15 is 0 Å². The topological polar surface area (TPSA) is 32.3 Å². The summed E-state index contributed by atoms with van der Waals surface area (Å²) in [5, 5.41) is 13.0. The Hall–Kier alpha value is -1.38. The van der Waals surface area contributed by atoms with E-state index in [1.807, 2.05) is 24.3 Å². The molecule has 0 radical (unpaired) electrons.